The highest BCUT2D eigenvalue weighted by Crippen LogP contribution is 2.20. The van der Waals surface area contributed by atoms with E-state index in [0.717, 1.165) is 16.5 Å². The molecular weight excluding hydrogens is 397 g/mol. The Morgan fingerprint density at radius 2 is 1.68 bits per heavy atom. The summed E-state index contributed by atoms with van der Waals surface area (Å²) in [6.07, 6.45) is 1.93. The number of benzene rings is 2. The van der Waals surface area contributed by atoms with Gasteiger partial charge in [0.2, 0.25) is 11.8 Å². The van der Waals surface area contributed by atoms with Gasteiger partial charge in [-0.05, 0) is 37.6 Å². The first-order chi connectivity index (χ1) is 14.9. The number of carbonyl (C=O) groups is 2. The molecule has 2 heterocycles. The van der Waals surface area contributed by atoms with E-state index in [9.17, 15) is 14.0 Å². The number of aromatic nitrogens is 3. The van der Waals surface area contributed by atoms with Crippen molar-refractivity contribution in [2.75, 3.05) is 0 Å². The SMILES string of the molecule is Cc1nn(-c2ccccc2F)c(C)c1CC(=O)NNC(=O)Cc1c[nH]c2ccccc12. The fraction of sp³-hybridized carbons (Fsp3) is 0.174. The Bertz CT molecular complexity index is 1270. The number of aromatic amines is 1. The van der Waals surface area contributed by atoms with Crippen LogP contribution in [0.5, 0.6) is 0 Å². The summed E-state index contributed by atoms with van der Waals surface area (Å²) in [4.78, 5) is 27.8. The van der Waals surface area contributed by atoms with Gasteiger partial charge >= 0.3 is 0 Å². The number of hydrogen-bond donors (Lipinski definition) is 3. The Balaban J connectivity index is 1.39. The van der Waals surface area contributed by atoms with Crippen LogP contribution in [-0.4, -0.2) is 26.6 Å². The van der Waals surface area contributed by atoms with Gasteiger partial charge in [0.05, 0.1) is 18.5 Å². The zero-order chi connectivity index (χ0) is 22.0. The number of halogens is 1. The Morgan fingerprint density at radius 1 is 1.00 bits per heavy atom. The first kappa shape index (κ1) is 20.3. The fourth-order valence-corrected chi connectivity index (χ4v) is 3.63. The van der Waals surface area contributed by atoms with Crippen LogP contribution in [0.2, 0.25) is 0 Å². The highest BCUT2D eigenvalue weighted by atomic mass is 19.1. The minimum Gasteiger partial charge on any atom is -0.361 e. The first-order valence-corrected chi connectivity index (χ1v) is 9.86. The van der Waals surface area contributed by atoms with Crippen LogP contribution < -0.4 is 10.9 Å². The summed E-state index contributed by atoms with van der Waals surface area (Å²) in [6, 6.07) is 14.0. The number of nitrogens with one attached hydrogen (secondary N) is 3. The van der Waals surface area contributed by atoms with Crippen molar-refractivity contribution in [2.45, 2.75) is 26.7 Å². The molecule has 0 aliphatic carbocycles. The molecule has 0 aliphatic heterocycles. The third-order valence-corrected chi connectivity index (χ3v) is 5.23. The van der Waals surface area contributed by atoms with E-state index in [1.165, 1.54) is 10.7 Å². The topological polar surface area (TPSA) is 91.8 Å². The van der Waals surface area contributed by atoms with Crippen molar-refractivity contribution in [1.82, 2.24) is 25.6 Å². The van der Waals surface area contributed by atoms with Crippen LogP contribution in [0, 0.1) is 19.7 Å². The summed E-state index contributed by atoms with van der Waals surface area (Å²) in [7, 11) is 0. The number of nitrogens with zero attached hydrogens (tertiary/aromatic N) is 2. The monoisotopic (exact) mass is 419 g/mol. The molecule has 31 heavy (non-hydrogen) atoms. The summed E-state index contributed by atoms with van der Waals surface area (Å²) in [5.74, 6) is -1.10. The smallest absolute Gasteiger partial charge is 0.242 e. The van der Waals surface area contributed by atoms with E-state index < -0.39 is 5.82 Å². The third kappa shape index (κ3) is 4.18. The summed E-state index contributed by atoms with van der Waals surface area (Å²) in [5.41, 5.74) is 9.00. The quantitative estimate of drug-likeness (QED) is 0.434. The van der Waals surface area contributed by atoms with Gasteiger partial charge in [-0.3, -0.25) is 20.4 Å². The molecule has 0 spiro atoms. The molecule has 0 saturated carbocycles. The van der Waals surface area contributed by atoms with Crippen LogP contribution >= 0.6 is 0 Å². The minimum atomic E-state index is -0.395. The zero-order valence-electron chi connectivity index (χ0n) is 17.2. The Morgan fingerprint density at radius 3 is 2.45 bits per heavy atom. The van der Waals surface area contributed by atoms with Gasteiger partial charge < -0.3 is 4.98 Å². The van der Waals surface area contributed by atoms with Gasteiger partial charge in [0.1, 0.15) is 11.5 Å². The normalized spacial score (nSPS) is 10.9. The molecule has 4 rings (SSSR count). The van der Waals surface area contributed by atoms with Crippen LogP contribution in [0.4, 0.5) is 4.39 Å². The Kier molecular flexibility index (Phi) is 5.53. The van der Waals surface area contributed by atoms with E-state index >= 15 is 0 Å². The molecule has 3 N–H and O–H groups in total. The van der Waals surface area contributed by atoms with Crippen LogP contribution in [0.1, 0.15) is 22.5 Å². The summed E-state index contributed by atoms with van der Waals surface area (Å²) in [6.45, 7) is 3.55. The lowest BCUT2D eigenvalue weighted by atomic mass is 10.1. The molecule has 0 bridgehead atoms. The number of hydrazine groups is 1. The van der Waals surface area contributed by atoms with Crippen LogP contribution in [0.3, 0.4) is 0 Å². The molecule has 0 unspecified atom stereocenters. The molecule has 158 valence electrons. The molecule has 8 heteroatoms. The molecule has 4 aromatic rings. The maximum atomic E-state index is 14.1. The highest BCUT2D eigenvalue weighted by Gasteiger charge is 2.18. The van der Waals surface area contributed by atoms with Crippen molar-refractivity contribution >= 4 is 22.7 Å². The average Bonchev–Trinajstić information content (AvgIpc) is 3.29. The molecule has 2 aromatic heterocycles. The van der Waals surface area contributed by atoms with E-state index in [1.807, 2.05) is 24.3 Å². The van der Waals surface area contributed by atoms with Gasteiger partial charge in [0.15, 0.2) is 0 Å². The van der Waals surface area contributed by atoms with E-state index in [0.29, 0.717) is 22.6 Å². The van der Waals surface area contributed by atoms with Crippen molar-refractivity contribution < 1.29 is 14.0 Å². The fourth-order valence-electron chi connectivity index (χ4n) is 3.63. The molecule has 7 nitrogen and oxygen atoms in total. The standard InChI is InChI=1S/C23H22FN5O2/c1-14-18(15(2)29(28-14)21-10-6-4-8-19(21)24)12-23(31)27-26-22(30)11-16-13-25-20-9-5-3-7-17(16)20/h3-10,13,25H,11-12H2,1-2H3,(H,26,30)(H,27,31). The lowest BCUT2D eigenvalue weighted by Crippen LogP contribution is -2.43. The number of aryl methyl sites for hydroxylation is 1. The second kappa shape index (κ2) is 8.43. The molecule has 0 atom stereocenters. The van der Waals surface area contributed by atoms with Crippen molar-refractivity contribution in [3.8, 4) is 5.69 Å². The average molecular weight is 419 g/mol. The van der Waals surface area contributed by atoms with Crippen LogP contribution in [0.25, 0.3) is 16.6 Å². The molecule has 2 aromatic carbocycles. The second-order valence-corrected chi connectivity index (χ2v) is 7.32. The predicted molar refractivity (Wildman–Crippen MR) is 115 cm³/mol. The van der Waals surface area contributed by atoms with E-state index in [-0.39, 0.29) is 24.7 Å². The van der Waals surface area contributed by atoms with Gasteiger partial charge in [-0.2, -0.15) is 5.10 Å². The van der Waals surface area contributed by atoms with Crippen LogP contribution in [-0.2, 0) is 22.4 Å². The van der Waals surface area contributed by atoms with Crippen molar-refractivity contribution in [3.63, 3.8) is 0 Å². The van der Waals surface area contributed by atoms with E-state index in [2.05, 4.69) is 20.9 Å². The van der Waals surface area contributed by atoms with Crippen molar-refractivity contribution in [2.24, 2.45) is 0 Å². The summed E-state index contributed by atoms with van der Waals surface area (Å²) < 4.78 is 15.6. The Labute approximate surface area is 178 Å². The second-order valence-electron chi connectivity index (χ2n) is 7.32. The number of H-pyrrole nitrogens is 1. The minimum absolute atomic E-state index is 0.0134. The molecular formula is C23H22FN5O2. The number of fused-ring (bicyclic) bond motifs is 1. The molecule has 2 amide bonds. The van der Waals surface area contributed by atoms with Gasteiger partial charge in [0.25, 0.3) is 0 Å². The summed E-state index contributed by atoms with van der Waals surface area (Å²) in [5, 5.41) is 5.34. The number of rotatable bonds is 5. The van der Waals surface area contributed by atoms with Gasteiger partial charge in [-0.1, -0.05) is 30.3 Å². The highest BCUT2D eigenvalue weighted by molar-refractivity contribution is 5.90. The maximum absolute atomic E-state index is 14.1. The maximum Gasteiger partial charge on any atom is 0.242 e. The van der Waals surface area contributed by atoms with E-state index in [1.54, 1.807) is 38.2 Å². The predicted octanol–water partition coefficient (Wildman–Crippen LogP) is 3.04. The number of hydrogen-bond acceptors (Lipinski definition) is 3. The third-order valence-electron chi connectivity index (χ3n) is 5.23. The molecule has 0 aliphatic rings. The van der Waals surface area contributed by atoms with Gasteiger partial charge in [-0.25, -0.2) is 9.07 Å². The van der Waals surface area contributed by atoms with E-state index in [4.69, 9.17) is 0 Å². The zero-order valence-corrected chi connectivity index (χ0v) is 17.2. The van der Waals surface area contributed by atoms with Gasteiger partial charge in [0, 0.05) is 28.4 Å². The molecule has 0 radical (unpaired) electrons. The van der Waals surface area contributed by atoms with Gasteiger partial charge in [-0.15, -0.1) is 0 Å². The van der Waals surface area contributed by atoms with Crippen molar-refractivity contribution in [1.29, 1.82) is 0 Å². The lowest BCUT2D eigenvalue weighted by Gasteiger charge is -2.08. The number of para-hydroxylation sites is 2. The number of amides is 2. The first-order valence-electron chi connectivity index (χ1n) is 9.86. The summed E-state index contributed by atoms with van der Waals surface area (Å²) >= 11 is 0. The number of carbonyl (C=O) groups excluding carboxylic acids is 2. The molecule has 0 saturated heterocycles. The van der Waals surface area contributed by atoms with Crippen molar-refractivity contribution in [3.05, 3.63) is 83.1 Å². The Hall–Kier alpha value is -3.94. The largest absolute Gasteiger partial charge is 0.361 e. The molecule has 0 fully saturated rings. The lowest BCUT2D eigenvalue weighted by molar-refractivity contribution is -0.128. The van der Waals surface area contributed by atoms with Crippen LogP contribution in [0.15, 0.2) is 54.7 Å².